The summed E-state index contributed by atoms with van der Waals surface area (Å²) in [6.07, 6.45) is 3.32. The molecule has 0 aliphatic heterocycles. The topological polar surface area (TPSA) is 20.2 Å². The molecule has 0 unspecified atom stereocenters. The minimum atomic E-state index is -0.905. The van der Waals surface area contributed by atoms with E-state index in [2.05, 4.69) is 13.8 Å². The van der Waals surface area contributed by atoms with E-state index in [1.807, 2.05) is 60.7 Å². The lowest BCUT2D eigenvalue weighted by molar-refractivity contribution is 0.0193. The van der Waals surface area contributed by atoms with E-state index < -0.39 is 5.60 Å². The first kappa shape index (κ1) is 14.8. The highest BCUT2D eigenvalue weighted by Crippen LogP contribution is 2.38. The summed E-state index contributed by atoms with van der Waals surface area (Å²) in [4.78, 5) is 0. The second kappa shape index (κ2) is 6.71. The third-order valence-corrected chi connectivity index (χ3v) is 4.13. The molecule has 0 fully saturated rings. The van der Waals surface area contributed by atoms with Crippen LogP contribution in [0.1, 0.15) is 44.2 Å². The Labute approximate surface area is 122 Å². The summed E-state index contributed by atoms with van der Waals surface area (Å²) >= 11 is 0. The van der Waals surface area contributed by atoms with Crippen molar-refractivity contribution in [3.8, 4) is 0 Å². The van der Waals surface area contributed by atoms with E-state index in [1.54, 1.807) is 0 Å². The second-order valence-electron chi connectivity index (χ2n) is 5.54. The normalized spacial score (nSPS) is 13.2. The molecule has 1 atom stereocenters. The standard InChI is InChI=1S/C19H24O/c1-3-4-11-16(2)19(20,17-12-7-5-8-13-17)18-14-9-6-10-15-18/h5-10,12-16,20H,3-4,11H2,1-2H3/t16-/m1/s1. The average Bonchev–Trinajstić information content (AvgIpc) is 2.53. The fourth-order valence-corrected chi connectivity index (χ4v) is 2.84. The predicted molar refractivity (Wildman–Crippen MR) is 84.6 cm³/mol. The van der Waals surface area contributed by atoms with Crippen LogP contribution in [-0.4, -0.2) is 5.11 Å². The molecule has 0 aromatic heterocycles. The fourth-order valence-electron chi connectivity index (χ4n) is 2.84. The van der Waals surface area contributed by atoms with Crippen molar-refractivity contribution in [3.63, 3.8) is 0 Å². The Balaban J connectivity index is 2.43. The summed E-state index contributed by atoms with van der Waals surface area (Å²) in [5.74, 6) is 0.187. The van der Waals surface area contributed by atoms with Crippen LogP contribution in [-0.2, 0) is 5.60 Å². The molecule has 2 aromatic rings. The van der Waals surface area contributed by atoms with Gasteiger partial charge in [0.25, 0.3) is 0 Å². The molecule has 0 aliphatic rings. The lowest BCUT2D eigenvalue weighted by Gasteiger charge is -2.35. The highest BCUT2D eigenvalue weighted by Gasteiger charge is 2.36. The van der Waals surface area contributed by atoms with Crippen LogP contribution in [0.2, 0.25) is 0 Å². The monoisotopic (exact) mass is 268 g/mol. The lowest BCUT2D eigenvalue weighted by Crippen LogP contribution is -2.35. The van der Waals surface area contributed by atoms with Crippen LogP contribution >= 0.6 is 0 Å². The Morgan fingerprint density at radius 3 is 1.75 bits per heavy atom. The van der Waals surface area contributed by atoms with Crippen LogP contribution in [0, 0.1) is 5.92 Å². The molecule has 0 bridgehead atoms. The molecule has 20 heavy (non-hydrogen) atoms. The number of unbranched alkanes of at least 4 members (excludes halogenated alkanes) is 1. The van der Waals surface area contributed by atoms with Crippen molar-refractivity contribution in [3.05, 3.63) is 71.8 Å². The zero-order valence-electron chi connectivity index (χ0n) is 12.4. The number of hydrogen-bond donors (Lipinski definition) is 1. The maximum absolute atomic E-state index is 11.4. The highest BCUT2D eigenvalue weighted by atomic mass is 16.3. The van der Waals surface area contributed by atoms with Gasteiger partial charge in [-0.1, -0.05) is 87.4 Å². The Morgan fingerprint density at radius 1 is 0.900 bits per heavy atom. The molecule has 0 saturated heterocycles. The molecule has 0 amide bonds. The summed E-state index contributed by atoms with van der Waals surface area (Å²) in [7, 11) is 0. The molecular formula is C19H24O. The van der Waals surface area contributed by atoms with Crippen molar-refractivity contribution in [2.45, 2.75) is 38.7 Å². The van der Waals surface area contributed by atoms with E-state index in [0.717, 1.165) is 30.4 Å². The Kier molecular flexibility index (Phi) is 4.97. The van der Waals surface area contributed by atoms with Crippen molar-refractivity contribution >= 4 is 0 Å². The summed E-state index contributed by atoms with van der Waals surface area (Å²) in [6.45, 7) is 4.34. The SMILES string of the molecule is CCCC[C@@H](C)C(O)(c1ccccc1)c1ccccc1. The number of aliphatic hydroxyl groups is 1. The number of hydrogen-bond acceptors (Lipinski definition) is 1. The molecule has 0 saturated carbocycles. The summed E-state index contributed by atoms with van der Waals surface area (Å²) in [5.41, 5.74) is 1.06. The van der Waals surface area contributed by atoms with Crippen LogP contribution in [0.5, 0.6) is 0 Å². The van der Waals surface area contributed by atoms with Gasteiger partial charge < -0.3 is 5.11 Å². The zero-order valence-corrected chi connectivity index (χ0v) is 12.4. The molecule has 2 aromatic carbocycles. The Morgan fingerprint density at radius 2 is 1.35 bits per heavy atom. The molecule has 1 N–H and O–H groups in total. The Hall–Kier alpha value is -1.60. The minimum Gasteiger partial charge on any atom is -0.380 e. The van der Waals surface area contributed by atoms with Gasteiger partial charge in [0.2, 0.25) is 0 Å². The van der Waals surface area contributed by atoms with Crippen LogP contribution in [0.15, 0.2) is 60.7 Å². The predicted octanol–water partition coefficient (Wildman–Crippen LogP) is 4.75. The quantitative estimate of drug-likeness (QED) is 0.801. The van der Waals surface area contributed by atoms with Gasteiger partial charge in [-0.2, -0.15) is 0 Å². The first-order valence-electron chi connectivity index (χ1n) is 7.53. The maximum atomic E-state index is 11.4. The highest BCUT2D eigenvalue weighted by molar-refractivity contribution is 5.36. The second-order valence-corrected chi connectivity index (χ2v) is 5.54. The van der Waals surface area contributed by atoms with E-state index in [1.165, 1.54) is 0 Å². The fraction of sp³-hybridized carbons (Fsp3) is 0.368. The van der Waals surface area contributed by atoms with Gasteiger partial charge in [0, 0.05) is 0 Å². The van der Waals surface area contributed by atoms with Gasteiger partial charge in [-0.3, -0.25) is 0 Å². The third-order valence-electron chi connectivity index (χ3n) is 4.13. The summed E-state index contributed by atoms with van der Waals surface area (Å²) < 4.78 is 0. The molecule has 0 heterocycles. The van der Waals surface area contributed by atoms with Crippen LogP contribution in [0.25, 0.3) is 0 Å². The van der Waals surface area contributed by atoms with Crippen LogP contribution in [0.3, 0.4) is 0 Å². The molecule has 1 heteroatoms. The van der Waals surface area contributed by atoms with Gasteiger partial charge in [-0.15, -0.1) is 0 Å². The average molecular weight is 268 g/mol. The Bertz CT molecular complexity index is 464. The number of benzene rings is 2. The van der Waals surface area contributed by atoms with Crippen molar-refractivity contribution in [1.29, 1.82) is 0 Å². The first-order valence-corrected chi connectivity index (χ1v) is 7.53. The van der Waals surface area contributed by atoms with Gasteiger partial charge >= 0.3 is 0 Å². The molecule has 0 spiro atoms. The van der Waals surface area contributed by atoms with Gasteiger partial charge in [0.15, 0.2) is 0 Å². The number of rotatable bonds is 6. The first-order chi connectivity index (χ1) is 9.69. The van der Waals surface area contributed by atoms with E-state index in [-0.39, 0.29) is 5.92 Å². The molecule has 0 aliphatic carbocycles. The van der Waals surface area contributed by atoms with E-state index >= 15 is 0 Å². The van der Waals surface area contributed by atoms with E-state index in [9.17, 15) is 5.11 Å². The molecule has 106 valence electrons. The van der Waals surface area contributed by atoms with Crippen molar-refractivity contribution in [1.82, 2.24) is 0 Å². The van der Waals surface area contributed by atoms with Crippen LogP contribution in [0.4, 0.5) is 0 Å². The van der Waals surface area contributed by atoms with Crippen molar-refractivity contribution in [2.75, 3.05) is 0 Å². The van der Waals surface area contributed by atoms with Crippen molar-refractivity contribution < 1.29 is 5.11 Å². The third kappa shape index (κ3) is 2.94. The summed E-state index contributed by atoms with van der Waals surface area (Å²) in [6, 6.07) is 20.1. The van der Waals surface area contributed by atoms with Gasteiger partial charge in [-0.05, 0) is 23.5 Å². The summed E-state index contributed by atoms with van der Waals surface area (Å²) in [5, 5.41) is 11.4. The lowest BCUT2D eigenvalue weighted by atomic mass is 9.75. The van der Waals surface area contributed by atoms with Crippen LogP contribution < -0.4 is 0 Å². The molecular weight excluding hydrogens is 244 g/mol. The molecule has 1 nitrogen and oxygen atoms in total. The zero-order chi connectivity index (χ0) is 14.4. The van der Waals surface area contributed by atoms with Gasteiger partial charge in [0.05, 0.1) is 0 Å². The largest absolute Gasteiger partial charge is 0.380 e. The maximum Gasteiger partial charge on any atom is 0.117 e. The van der Waals surface area contributed by atoms with Gasteiger partial charge in [0.1, 0.15) is 5.60 Å². The van der Waals surface area contributed by atoms with Gasteiger partial charge in [-0.25, -0.2) is 0 Å². The van der Waals surface area contributed by atoms with E-state index in [0.29, 0.717) is 0 Å². The molecule has 2 rings (SSSR count). The smallest absolute Gasteiger partial charge is 0.117 e. The molecule has 0 radical (unpaired) electrons. The van der Waals surface area contributed by atoms with E-state index in [4.69, 9.17) is 0 Å². The minimum absolute atomic E-state index is 0.187. The van der Waals surface area contributed by atoms with Crippen molar-refractivity contribution in [2.24, 2.45) is 5.92 Å².